The molecule has 9 nitrogen and oxygen atoms in total. The van der Waals surface area contributed by atoms with Crippen molar-refractivity contribution in [2.24, 2.45) is 0 Å². The van der Waals surface area contributed by atoms with Gasteiger partial charge in [-0.15, -0.1) is 0 Å². The van der Waals surface area contributed by atoms with E-state index in [2.05, 4.69) is 4.90 Å². The van der Waals surface area contributed by atoms with Crippen molar-refractivity contribution in [3.8, 4) is 11.5 Å². The predicted molar refractivity (Wildman–Crippen MR) is 133 cm³/mol. The van der Waals surface area contributed by atoms with E-state index in [1.165, 1.54) is 4.31 Å². The normalized spacial score (nSPS) is 17.3. The van der Waals surface area contributed by atoms with Gasteiger partial charge in [0.15, 0.2) is 0 Å². The van der Waals surface area contributed by atoms with Gasteiger partial charge in [-0.25, -0.2) is 8.42 Å². The van der Waals surface area contributed by atoms with E-state index in [1.807, 2.05) is 29.2 Å². The third-order valence-electron chi connectivity index (χ3n) is 6.54. The number of hydrogen-bond acceptors (Lipinski definition) is 7. The number of rotatable bonds is 8. The summed E-state index contributed by atoms with van der Waals surface area (Å²) in [4.78, 5) is 17.3. The largest absolute Gasteiger partial charge is 0.497 e. The second-order valence-electron chi connectivity index (χ2n) is 8.56. The first-order chi connectivity index (χ1) is 16.9. The maximum absolute atomic E-state index is 13.1. The van der Waals surface area contributed by atoms with Crippen LogP contribution in [-0.2, 0) is 26.0 Å². The number of carbonyl (C=O) groups excluding carboxylic acids is 1. The highest BCUT2D eigenvalue weighted by Gasteiger charge is 2.27. The monoisotopic (exact) mass is 503 g/mol. The summed E-state index contributed by atoms with van der Waals surface area (Å²) in [5, 5.41) is 0. The quantitative estimate of drug-likeness (QED) is 0.545. The lowest BCUT2D eigenvalue weighted by Gasteiger charge is -2.36. The first-order valence-corrected chi connectivity index (χ1v) is 13.3. The number of aryl methyl sites for hydroxylation is 1. The molecule has 35 heavy (non-hydrogen) atoms. The zero-order valence-electron chi connectivity index (χ0n) is 20.3. The van der Waals surface area contributed by atoms with Crippen LogP contribution >= 0.6 is 0 Å². The minimum Gasteiger partial charge on any atom is -0.497 e. The smallest absolute Gasteiger partial charge is 0.243 e. The lowest BCUT2D eigenvalue weighted by Crippen LogP contribution is -2.48. The Balaban J connectivity index is 1.36. The van der Waals surface area contributed by atoms with Crippen LogP contribution in [0.15, 0.2) is 47.4 Å². The zero-order chi connectivity index (χ0) is 24.8. The second-order valence-corrected chi connectivity index (χ2v) is 10.5. The summed E-state index contributed by atoms with van der Waals surface area (Å²) in [6.45, 7) is 4.27. The molecule has 0 aliphatic carbocycles. The van der Waals surface area contributed by atoms with Crippen molar-refractivity contribution in [3.63, 3.8) is 0 Å². The molecular weight excluding hydrogens is 470 g/mol. The molecule has 0 N–H and O–H groups in total. The van der Waals surface area contributed by atoms with Gasteiger partial charge in [-0.3, -0.25) is 4.79 Å². The third-order valence-corrected chi connectivity index (χ3v) is 8.43. The van der Waals surface area contributed by atoms with Crippen LogP contribution in [0.2, 0.25) is 0 Å². The molecule has 0 bridgehead atoms. The van der Waals surface area contributed by atoms with Gasteiger partial charge in [0.1, 0.15) is 11.5 Å². The first-order valence-electron chi connectivity index (χ1n) is 11.8. The fraction of sp³-hybridized carbons (Fsp3) is 0.480. The van der Waals surface area contributed by atoms with Crippen LogP contribution in [0.25, 0.3) is 0 Å². The summed E-state index contributed by atoms with van der Waals surface area (Å²) in [5.41, 5.74) is 1.83. The van der Waals surface area contributed by atoms with Gasteiger partial charge in [0, 0.05) is 51.4 Å². The van der Waals surface area contributed by atoms with E-state index in [0.717, 1.165) is 24.5 Å². The lowest BCUT2D eigenvalue weighted by atomic mass is 10.1. The van der Waals surface area contributed by atoms with E-state index >= 15 is 0 Å². The van der Waals surface area contributed by atoms with Crippen LogP contribution in [0.3, 0.4) is 0 Å². The molecule has 2 aliphatic rings. The van der Waals surface area contributed by atoms with E-state index < -0.39 is 10.0 Å². The summed E-state index contributed by atoms with van der Waals surface area (Å²) >= 11 is 0. The Morgan fingerprint density at radius 2 is 1.60 bits per heavy atom. The van der Waals surface area contributed by atoms with Gasteiger partial charge in [-0.2, -0.15) is 4.31 Å². The average molecular weight is 504 g/mol. The van der Waals surface area contributed by atoms with E-state index in [-0.39, 0.29) is 10.8 Å². The highest BCUT2D eigenvalue weighted by atomic mass is 32.2. The highest BCUT2D eigenvalue weighted by Crippen LogP contribution is 2.27. The van der Waals surface area contributed by atoms with Crippen LogP contribution in [0.5, 0.6) is 11.5 Å². The van der Waals surface area contributed by atoms with Gasteiger partial charge in [0.2, 0.25) is 15.9 Å². The van der Waals surface area contributed by atoms with Crippen LogP contribution in [0, 0.1) is 0 Å². The van der Waals surface area contributed by atoms with Crippen LogP contribution in [-0.4, -0.2) is 90.2 Å². The number of amides is 1. The molecule has 2 saturated heterocycles. The lowest BCUT2D eigenvalue weighted by molar-refractivity contribution is -0.131. The number of ether oxygens (including phenoxy) is 3. The number of benzene rings is 2. The number of morpholine rings is 1. The summed E-state index contributed by atoms with van der Waals surface area (Å²) in [6.07, 6.45) is 0.702. The van der Waals surface area contributed by atoms with Gasteiger partial charge in [-0.05, 0) is 54.4 Å². The Morgan fingerprint density at radius 3 is 2.23 bits per heavy atom. The second kappa shape index (κ2) is 11.3. The summed E-state index contributed by atoms with van der Waals surface area (Å²) < 4.78 is 43.5. The van der Waals surface area contributed by atoms with E-state index in [4.69, 9.17) is 14.2 Å². The minimum atomic E-state index is -3.62. The number of anilines is 1. The van der Waals surface area contributed by atoms with Crippen LogP contribution in [0.4, 0.5) is 5.69 Å². The number of nitrogens with zero attached hydrogens (tertiary/aromatic N) is 3. The molecule has 1 amide bonds. The number of piperazine rings is 1. The number of methoxy groups -OCH3 is 2. The predicted octanol–water partition coefficient (Wildman–Crippen LogP) is 2.01. The van der Waals surface area contributed by atoms with Gasteiger partial charge in [-0.1, -0.05) is 0 Å². The van der Waals surface area contributed by atoms with Crippen molar-refractivity contribution < 1.29 is 27.4 Å². The fourth-order valence-corrected chi connectivity index (χ4v) is 5.91. The van der Waals surface area contributed by atoms with Gasteiger partial charge in [0.05, 0.1) is 32.3 Å². The summed E-state index contributed by atoms with van der Waals surface area (Å²) in [7, 11) is -0.419. The van der Waals surface area contributed by atoms with Crippen molar-refractivity contribution >= 4 is 21.6 Å². The number of sulfonamides is 1. The van der Waals surface area contributed by atoms with Gasteiger partial charge in [0.25, 0.3) is 0 Å². The standard InChI is InChI=1S/C25H33N3O6S/c1-32-22-6-4-21(5-7-22)26-11-13-27(14-12-26)25(29)10-3-20-19-23(8-9-24(20)33-2)35(30,31)28-15-17-34-18-16-28/h4-9,19H,3,10-18H2,1-2H3. The molecule has 0 unspecified atom stereocenters. The molecule has 2 fully saturated rings. The van der Waals surface area contributed by atoms with Crippen molar-refractivity contribution in [3.05, 3.63) is 48.0 Å². The van der Waals surface area contributed by atoms with Crippen molar-refractivity contribution in [2.45, 2.75) is 17.7 Å². The molecule has 2 aliphatic heterocycles. The molecule has 0 atom stereocenters. The molecule has 10 heteroatoms. The first kappa shape index (κ1) is 25.3. The van der Waals surface area contributed by atoms with Gasteiger partial charge >= 0.3 is 0 Å². The molecule has 190 valence electrons. The van der Waals surface area contributed by atoms with Crippen molar-refractivity contribution in [1.82, 2.24) is 9.21 Å². The molecule has 0 spiro atoms. The number of hydrogen-bond donors (Lipinski definition) is 0. The highest BCUT2D eigenvalue weighted by molar-refractivity contribution is 7.89. The molecule has 0 radical (unpaired) electrons. The Bertz CT molecular complexity index is 1110. The Labute approximate surface area is 207 Å². The Kier molecular flexibility index (Phi) is 8.15. The third kappa shape index (κ3) is 5.88. The SMILES string of the molecule is COc1ccc(N2CCN(C(=O)CCc3cc(S(=O)(=O)N4CCOCC4)ccc3OC)CC2)cc1. The van der Waals surface area contributed by atoms with Crippen molar-refractivity contribution in [1.29, 1.82) is 0 Å². The molecule has 2 heterocycles. The Hall–Kier alpha value is -2.82. The average Bonchev–Trinajstić information content (AvgIpc) is 2.92. The van der Waals surface area contributed by atoms with Crippen molar-refractivity contribution in [2.75, 3.05) is 71.6 Å². The zero-order valence-corrected chi connectivity index (χ0v) is 21.1. The number of carbonyl (C=O) groups is 1. The maximum atomic E-state index is 13.1. The van der Waals surface area contributed by atoms with Crippen LogP contribution < -0.4 is 14.4 Å². The topological polar surface area (TPSA) is 88.6 Å². The van der Waals surface area contributed by atoms with E-state index in [9.17, 15) is 13.2 Å². The molecule has 0 saturated carbocycles. The molecular formula is C25H33N3O6S. The summed E-state index contributed by atoms with van der Waals surface area (Å²) in [5.74, 6) is 1.46. The molecule has 0 aromatic heterocycles. The minimum absolute atomic E-state index is 0.0582. The van der Waals surface area contributed by atoms with E-state index in [0.29, 0.717) is 63.5 Å². The maximum Gasteiger partial charge on any atom is 0.243 e. The molecule has 4 rings (SSSR count). The van der Waals surface area contributed by atoms with Crippen LogP contribution in [0.1, 0.15) is 12.0 Å². The van der Waals surface area contributed by atoms with Gasteiger partial charge < -0.3 is 24.0 Å². The molecule has 2 aromatic rings. The van der Waals surface area contributed by atoms with E-state index in [1.54, 1.807) is 32.4 Å². The summed E-state index contributed by atoms with van der Waals surface area (Å²) in [6, 6.07) is 12.8. The molecule has 2 aromatic carbocycles. The Morgan fingerprint density at radius 1 is 0.914 bits per heavy atom. The fourth-order valence-electron chi connectivity index (χ4n) is 4.45.